The molecule has 0 radical (unpaired) electrons. The number of hydrogen-bond acceptors (Lipinski definition) is 2. The molecule has 0 spiro atoms. The molecule has 0 saturated carbocycles. The number of anilines is 1. The van der Waals surface area contributed by atoms with Crippen LogP contribution in [-0.4, -0.2) is 11.5 Å². The molecular formula is C9H9F3N2. The fraction of sp³-hybridized carbons (Fsp3) is 0.222. The summed E-state index contributed by atoms with van der Waals surface area (Å²) in [6.45, 7) is 3.93. The van der Waals surface area contributed by atoms with E-state index in [9.17, 15) is 13.2 Å². The van der Waals surface area contributed by atoms with Crippen molar-refractivity contribution in [1.29, 1.82) is 0 Å². The Bertz CT molecular complexity index is 303. The third-order valence-corrected chi connectivity index (χ3v) is 1.52. The first-order valence-electron chi connectivity index (χ1n) is 3.92. The Labute approximate surface area is 79.5 Å². The molecule has 1 heterocycles. The highest BCUT2D eigenvalue weighted by molar-refractivity contribution is 5.36. The van der Waals surface area contributed by atoms with E-state index in [2.05, 4.69) is 16.9 Å². The Balaban J connectivity index is 2.73. The van der Waals surface area contributed by atoms with Crippen LogP contribution in [-0.2, 0) is 6.18 Å². The first kappa shape index (κ1) is 10.6. The summed E-state index contributed by atoms with van der Waals surface area (Å²) >= 11 is 0. The summed E-state index contributed by atoms with van der Waals surface area (Å²) in [6.07, 6.45) is -1.94. The van der Waals surface area contributed by atoms with Crippen molar-refractivity contribution in [2.75, 3.05) is 11.9 Å². The van der Waals surface area contributed by atoms with Crippen molar-refractivity contribution in [1.82, 2.24) is 4.98 Å². The van der Waals surface area contributed by atoms with Crippen LogP contribution in [0.5, 0.6) is 0 Å². The predicted octanol–water partition coefficient (Wildman–Crippen LogP) is 2.70. The smallest absolute Gasteiger partial charge is 0.367 e. The highest BCUT2D eigenvalue weighted by Crippen LogP contribution is 2.28. The van der Waals surface area contributed by atoms with E-state index >= 15 is 0 Å². The third-order valence-electron chi connectivity index (χ3n) is 1.52. The molecule has 5 heteroatoms. The zero-order valence-electron chi connectivity index (χ0n) is 7.30. The van der Waals surface area contributed by atoms with Crippen LogP contribution in [0.15, 0.2) is 31.0 Å². The van der Waals surface area contributed by atoms with Gasteiger partial charge in [0.05, 0.1) is 5.56 Å². The van der Waals surface area contributed by atoms with Crippen molar-refractivity contribution in [3.8, 4) is 0 Å². The van der Waals surface area contributed by atoms with Gasteiger partial charge in [-0.3, -0.25) is 0 Å². The van der Waals surface area contributed by atoms with E-state index < -0.39 is 11.7 Å². The summed E-state index contributed by atoms with van der Waals surface area (Å²) < 4.78 is 36.3. The molecule has 0 fully saturated rings. The molecule has 0 saturated heterocycles. The molecule has 0 unspecified atom stereocenters. The van der Waals surface area contributed by atoms with Gasteiger partial charge in [-0.05, 0) is 12.1 Å². The summed E-state index contributed by atoms with van der Waals surface area (Å²) in [4.78, 5) is 3.60. The second-order valence-electron chi connectivity index (χ2n) is 2.60. The second-order valence-corrected chi connectivity index (χ2v) is 2.60. The highest BCUT2D eigenvalue weighted by Gasteiger charge is 2.30. The SMILES string of the molecule is C=CCNc1ccc(C(F)(F)F)cn1. The van der Waals surface area contributed by atoms with Gasteiger partial charge in [-0.15, -0.1) is 6.58 Å². The van der Waals surface area contributed by atoms with Crippen molar-refractivity contribution < 1.29 is 13.2 Å². The van der Waals surface area contributed by atoms with Gasteiger partial charge in [-0.2, -0.15) is 13.2 Å². The normalized spacial score (nSPS) is 11.1. The maximum absolute atomic E-state index is 12.1. The molecule has 14 heavy (non-hydrogen) atoms. The minimum atomic E-state index is -4.33. The molecule has 76 valence electrons. The molecule has 0 aliphatic heterocycles. The lowest BCUT2D eigenvalue weighted by atomic mass is 10.3. The quantitative estimate of drug-likeness (QED) is 0.762. The fourth-order valence-electron chi connectivity index (χ4n) is 0.843. The van der Waals surface area contributed by atoms with Crippen LogP contribution < -0.4 is 5.32 Å². The average Bonchev–Trinajstić information content (AvgIpc) is 2.14. The van der Waals surface area contributed by atoms with Gasteiger partial charge in [0.25, 0.3) is 0 Å². The topological polar surface area (TPSA) is 24.9 Å². The lowest BCUT2D eigenvalue weighted by Crippen LogP contribution is -2.06. The van der Waals surface area contributed by atoms with Crippen LogP contribution >= 0.6 is 0 Å². The highest BCUT2D eigenvalue weighted by atomic mass is 19.4. The number of rotatable bonds is 3. The van der Waals surface area contributed by atoms with Crippen LogP contribution in [0.4, 0.5) is 19.0 Å². The standard InChI is InChI=1S/C9H9F3N2/c1-2-5-13-8-4-3-7(6-14-8)9(10,11)12/h2-4,6H,1,5H2,(H,13,14). The van der Waals surface area contributed by atoms with Crippen LogP contribution in [0.1, 0.15) is 5.56 Å². The first-order chi connectivity index (χ1) is 6.54. The van der Waals surface area contributed by atoms with E-state index in [1.165, 1.54) is 6.07 Å². The zero-order chi connectivity index (χ0) is 10.6. The van der Waals surface area contributed by atoms with E-state index in [4.69, 9.17) is 0 Å². The lowest BCUT2D eigenvalue weighted by Gasteiger charge is -2.07. The summed E-state index contributed by atoms with van der Waals surface area (Å²) in [5, 5.41) is 2.78. The van der Waals surface area contributed by atoms with E-state index in [0.29, 0.717) is 12.4 Å². The van der Waals surface area contributed by atoms with Gasteiger partial charge in [0.1, 0.15) is 5.82 Å². The average molecular weight is 202 g/mol. The number of nitrogens with one attached hydrogen (secondary N) is 1. The second kappa shape index (κ2) is 4.13. The van der Waals surface area contributed by atoms with Crippen molar-refractivity contribution in [3.05, 3.63) is 36.5 Å². The Kier molecular flexibility index (Phi) is 3.11. The summed E-state index contributed by atoms with van der Waals surface area (Å²) in [5.41, 5.74) is -0.748. The van der Waals surface area contributed by atoms with E-state index in [-0.39, 0.29) is 0 Å². The first-order valence-corrected chi connectivity index (χ1v) is 3.92. The molecule has 1 rings (SSSR count). The summed E-state index contributed by atoms with van der Waals surface area (Å²) in [7, 11) is 0. The van der Waals surface area contributed by atoms with E-state index in [1.54, 1.807) is 6.08 Å². The minimum absolute atomic E-state index is 0.401. The van der Waals surface area contributed by atoms with Crippen molar-refractivity contribution >= 4 is 5.82 Å². The monoisotopic (exact) mass is 202 g/mol. The number of nitrogens with zero attached hydrogens (tertiary/aromatic N) is 1. The van der Waals surface area contributed by atoms with Crippen LogP contribution in [0.25, 0.3) is 0 Å². The van der Waals surface area contributed by atoms with Gasteiger partial charge in [0, 0.05) is 12.7 Å². The molecule has 1 aromatic heterocycles. The lowest BCUT2D eigenvalue weighted by molar-refractivity contribution is -0.137. The van der Waals surface area contributed by atoms with Gasteiger partial charge < -0.3 is 5.32 Å². The number of aromatic nitrogens is 1. The van der Waals surface area contributed by atoms with Crippen molar-refractivity contribution in [2.24, 2.45) is 0 Å². The molecular weight excluding hydrogens is 193 g/mol. The molecule has 0 aromatic carbocycles. The van der Waals surface area contributed by atoms with Crippen LogP contribution in [0, 0.1) is 0 Å². The molecule has 0 atom stereocenters. The van der Waals surface area contributed by atoms with E-state index in [0.717, 1.165) is 12.3 Å². The summed E-state index contributed by atoms with van der Waals surface area (Å²) in [6, 6.07) is 2.27. The maximum Gasteiger partial charge on any atom is 0.417 e. The molecule has 0 amide bonds. The van der Waals surface area contributed by atoms with Crippen molar-refractivity contribution in [3.63, 3.8) is 0 Å². The fourth-order valence-corrected chi connectivity index (χ4v) is 0.843. The molecule has 0 aliphatic rings. The maximum atomic E-state index is 12.1. The number of halogens is 3. The van der Waals surface area contributed by atoms with Gasteiger partial charge in [0.15, 0.2) is 0 Å². The summed E-state index contributed by atoms with van der Waals surface area (Å²) in [5.74, 6) is 0.401. The largest absolute Gasteiger partial charge is 0.417 e. The van der Waals surface area contributed by atoms with Gasteiger partial charge in [-0.25, -0.2) is 4.98 Å². The zero-order valence-corrected chi connectivity index (χ0v) is 7.30. The molecule has 0 bridgehead atoms. The Morgan fingerprint density at radius 2 is 2.14 bits per heavy atom. The molecule has 1 aromatic rings. The Morgan fingerprint density at radius 3 is 2.57 bits per heavy atom. The third kappa shape index (κ3) is 2.76. The minimum Gasteiger partial charge on any atom is -0.367 e. The Morgan fingerprint density at radius 1 is 1.43 bits per heavy atom. The van der Waals surface area contributed by atoms with Gasteiger partial charge >= 0.3 is 6.18 Å². The van der Waals surface area contributed by atoms with E-state index in [1.807, 2.05) is 0 Å². The number of alkyl halides is 3. The molecule has 1 N–H and O–H groups in total. The number of pyridine rings is 1. The van der Waals surface area contributed by atoms with Crippen LogP contribution in [0.3, 0.4) is 0 Å². The van der Waals surface area contributed by atoms with Crippen LogP contribution in [0.2, 0.25) is 0 Å². The predicted molar refractivity (Wildman–Crippen MR) is 47.9 cm³/mol. The molecule has 0 aliphatic carbocycles. The molecule has 2 nitrogen and oxygen atoms in total. The number of hydrogen-bond donors (Lipinski definition) is 1. The van der Waals surface area contributed by atoms with Gasteiger partial charge in [-0.1, -0.05) is 6.08 Å². The Hall–Kier alpha value is -1.52. The van der Waals surface area contributed by atoms with Crippen molar-refractivity contribution in [2.45, 2.75) is 6.18 Å². The van der Waals surface area contributed by atoms with Gasteiger partial charge in [0.2, 0.25) is 0 Å².